The molecule has 0 aliphatic rings. The standard InChI is InChI=1S/C25H20N4O4/c1-32-21-13-12-17(14-22(21)33-2)20(30)15-28-19-11-7-6-10-18(19)24-26-23(27-29(24)25(28)31)16-8-4-3-5-9-16/h3-14H,15H2,1-2H3. The maximum absolute atomic E-state index is 13.4. The zero-order valence-electron chi connectivity index (χ0n) is 18.1. The summed E-state index contributed by atoms with van der Waals surface area (Å²) in [7, 11) is 3.04. The number of carbonyl (C=O) groups excluding carboxylic acids is 1. The Bertz CT molecular complexity index is 1550. The molecular formula is C25H20N4O4. The van der Waals surface area contributed by atoms with E-state index in [0.717, 1.165) is 10.9 Å². The predicted octanol–water partition coefficient (Wildman–Crippen LogP) is 3.61. The van der Waals surface area contributed by atoms with Crippen molar-refractivity contribution in [3.63, 3.8) is 0 Å². The van der Waals surface area contributed by atoms with E-state index in [0.29, 0.717) is 34.1 Å². The smallest absolute Gasteiger partial charge is 0.351 e. The number of aromatic nitrogens is 4. The number of hydrogen-bond donors (Lipinski definition) is 0. The highest BCUT2D eigenvalue weighted by molar-refractivity contribution is 5.98. The first-order valence-electron chi connectivity index (χ1n) is 10.3. The number of nitrogens with zero attached hydrogens (tertiary/aromatic N) is 4. The molecule has 3 aromatic carbocycles. The molecule has 0 atom stereocenters. The molecule has 0 fully saturated rings. The zero-order chi connectivity index (χ0) is 22.9. The Balaban J connectivity index is 1.64. The van der Waals surface area contributed by atoms with Crippen molar-refractivity contribution in [3.8, 4) is 22.9 Å². The number of hydrogen-bond acceptors (Lipinski definition) is 6. The van der Waals surface area contributed by atoms with Gasteiger partial charge in [0.25, 0.3) is 0 Å². The molecule has 0 amide bonds. The maximum atomic E-state index is 13.4. The Morgan fingerprint density at radius 2 is 1.64 bits per heavy atom. The molecule has 8 heteroatoms. The molecule has 0 saturated heterocycles. The number of ether oxygens (including phenoxy) is 2. The van der Waals surface area contributed by atoms with Crippen molar-refractivity contribution < 1.29 is 14.3 Å². The van der Waals surface area contributed by atoms with Gasteiger partial charge in [0.1, 0.15) is 0 Å². The number of para-hydroxylation sites is 1. The number of fused-ring (bicyclic) bond motifs is 3. The lowest BCUT2D eigenvalue weighted by Crippen LogP contribution is -2.30. The summed E-state index contributed by atoms with van der Waals surface area (Å²) in [4.78, 5) is 31.2. The van der Waals surface area contributed by atoms with E-state index in [1.165, 1.54) is 23.3 Å². The van der Waals surface area contributed by atoms with Crippen LogP contribution in [0.3, 0.4) is 0 Å². The van der Waals surface area contributed by atoms with Crippen LogP contribution in [-0.2, 0) is 6.54 Å². The van der Waals surface area contributed by atoms with E-state index < -0.39 is 5.69 Å². The molecule has 2 aromatic heterocycles. The molecule has 164 valence electrons. The average molecular weight is 440 g/mol. The average Bonchev–Trinajstić information content (AvgIpc) is 3.32. The highest BCUT2D eigenvalue weighted by Crippen LogP contribution is 2.28. The lowest BCUT2D eigenvalue weighted by atomic mass is 10.1. The van der Waals surface area contributed by atoms with Crippen molar-refractivity contribution in [2.75, 3.05) is 14.2 Å². The third kappa shape index (κ3) is 3.51. The van der Waals surface area contributed by atoms with Crippen molar-refractivity contribution >= 4 is 22.3 Å². The molecule has 0 saturated carbocycles. The Kier molecular flexibility index (Phi) is 5.10. The van der Waals surface area contributed by atoms with Gasteiger partial charge in [-0.25, -0.2) is 9.78 Å². The van der Waals surface area contributed by atoms with Crippen LogP contribution in [0.4, 0.5) is 0 Å². The number of ketones is 1. The van der Waals surface area contributed by atoms with Gasteiger partial charge in [-0.2, -0.15) is 4.52 Å². The topological polar surface area (TPSA) is 87.7 Å². The summed E-state index contributed by atoms with van der Waals surface area (Å²) >= 11 is 0. The van der Waals surface area contributed by atoms with Gasteiger partial charge >= 0.3 is 5.69 Å². The van der Waals surface area contributed by atoms with E-state index in [1.807, 2.05) is 48.5 Å². The third-order valence-electron chi connectivity index (χ3n) is 5.49. The van der Waals surface area contributed by atoms with E-state index in [-0.39, 0.29) is 12.3 Å². The van der Waals surface area contributed by atoms with Crippen LogP contribution >= 0.6 is 0 Å². The molecule has 5 rings (SSSR count). The van der Waals surface area contributed by atoms with E-state index in [1.54, 1.807) is 24.3 Å². The van der Waals surface area contributed by atoms with Gasteiger partial charge in [-0.15, -0.1) is 5.10 Å². The van der Waals surface area contributed by atoms with Crippen LogP contribution in [0.1, 0.15) is 10.4 Å². The highest BCUT2D eigenvalue weighted by atomic mass is 16.5. The minimum atomic E-state index is -0.438. The van der Waals surface area contributed by atoms with Crippen molar-refractivity contribution in [2.24, 2.45) is 0 Å². The Morgan fingerprint density at radius 1 is 0.909 bits per heavy atom. The van der Waals surface area contributed by atoms with Crippen LogP contribution in [0.25, 0.3) is 27.9 Å². The van der Waals surface area contributed by atoms with Crippen LogP contribution in [0.15, 0.2) is 77.6 Å². The number of rotatable bonds is 6. The Hall–Kier alpha value is -4.46. The minimum absolute atomic E-state index is 0.161. The summed E-state index contributed by atoms with van der Waals surface area (Å²) in [5.74, 6) is 1.17. The van der Waals surface area contributed by atoms with Crippen LogP contribution in [-0.4, -0.2) is 39.2 Å². The van der Waals surface area contributed by atoms with Crippen molar-refractivity contribution in [2.45, 2.75) is 6.54 Å². The number of benzene rings is 3. The molecular weight excluding hydrogens is 420 g/mol. The summed E-state index contributed by atoms with van der Waals surface area (Å²) in [6, 6.07) is 21.7. The zero-order valence-corrected chi connectivity index (χ0v) is 18.1. The van der Waals surface area contributed by atoms with Gasteiger partial charge in [-0.1, -0.05) is 42.5 Å². The van der Waals surface area contributed by atoms with Gasteiger partial charge in [-0.05, 0) is 30.3 Å². The van der Waals surface area contributed by atoms with Crippen LogP contribution in [0.5, 0.6) is 11.5 Å². The predicted molar refractivity (Wildman–Crippen MR) is 124 cm³/mol. The van der Waals surface area contributed by atoms with E-state index >= 15 is 0 Å². The fourth-order valence-electron chi connectivity index (χ4n) is 3.84. The Morgan fingerprint density at radius 3 is 2.39 bits per heavy atom. The second-order valence-electron chi connectivity index (χ2n) is 7.42. The van der Waals surface area contributed by atoms with E-state index in [4.69, 9.17) is 9.47 Å². The van der Waals surface area contributed by atoms with E-state index in [9.17, 15) is 9.59 Å². The lowest BCUT2D eigenvalue weighted by Gasteiger charge is -2.12. The summed E-state index contributed by atoms with van der Waals surface area (Å²) in [5.41, 5.74) is 1.83. The van der Waals surface area contributed by atoms with Gasteiger partial charge in [0, 0.05) is 16.5 Å². The summed E-state index contributed by atoms with van der Waals surface area (Å²) in [6.45, 7) is -0.161. The largest absolute Gasteiger partial charge is 0.493 e. The minimum Gasteiger partial charge on any atom is -0.493 e. The fraction of sp³-hybridized carbons (Fsp3) is 0.120. The second kappa shape index (κ2) is 8.23. The molecule has 0 aliphatic carbocycles. The molecule has 0 aliphatic heterocycles. The first-order chi connectivity index (χ1) is 16.1. The second-order valence-corrected chi connectivity index (χ2v) is 7.42. The molecule has 0 unspecified atom stereocenters. The van der Waals surface area contributed by atoms with E-state index in [2.05, 4.69) is 10.1 Å². The monoisotopic (exact) mass is 440 g/mol. The Labute approximate surface area is 188 Å². The van der Waals surface area contributed by atoms with Gasteiger partial charge in [-0.3, -0.25) is 9.36 Å². The molecule has 0 spiro atoms. The van der Waals surface area contributed by atoms with Gasteiger partial charge < -0.3 is 9.47 Å². The quantitative estimate of drug-likeness (QED) is 0.375. The fourth-order valence-corrected chi connectivity index (χ4v) is 3.84. The molecule has 0 N–H and O–H groups in total. The van der Waals surface area contributed by atoms with Crippen LogP contribution < -0.4 is 15.2 Å². The van der Waals surface area contributed by atoms with Gasteiger partial charge in [0.15, 0.2) is 28.8 Å². The van der Waals surface area contributed by atoms with Gasteiger partial charge in [0.05, 0.1) is 26.3 Å². The van der Waals surface area contributed by atoms with Crippen LogP contribution in [0.2, 0.25) is 0 Å². The first kappa shape index (κ1) is 20.4. The molecule has 0 radical (unpaired) electrons. The molecule has 33 heavy (non-hydrogen) atoms. The third-order valence-corrected chi connectivity index (χ3v) is 5.49. The van der Waals surface area contributed by atoms with Crippen molar-refractivity contribution in [1.29, 1.82) is 0 Å². The summed E-state index contributed by atoms with van der Waals surface area (Å²) in [6.07, 6.45) is 0. The first-order valence-corrected chi connectivity index (χ1v) is 10.3. The number of carbonyl (C=O) groups is 1. The molecule has 0 bridgehead atoms. The maximum Gasteiger partial charge on any atom is 0.351 e. The van der Waals surface area contributed by atoms with Crippen molar-refractivity contribution in [3.05, 3.63) is 88.8 Å². The molecule has 2 heterocycles. The molecule has 8 nitrogen and oxygen atoms in total. The highest BCUT2D eigenvalue weighted by Gasteiger charge is 2.18. The van der Waals surface area contributed by atoms with Gasteiger partial charge in [0.2, 0.25) is 0 Å². The lowest BCUT2D eigenvalue weighted by molar-refractivity contribution is 0.0971. The summed E-state index contributed by atoms with van der Waals surface area (Å²) < 4.78 is 13.2. The normalized spacial score (nSPS) is 11.1. The number of methoxy groups -OCH3 is 2. The number of Topliss-reactive ketones (excluding diaryl/α,β-unsaturated/α-hetero) is 1. The van der Waals surface area contributed by atoms with Crippen LogP contribution in [0, 0.1) is 0 Å². The van der Waals surface area contributed by atoms with Crippen molar-refractivity contribution in [1.82, 2.24) is 19.2 Å². The SMILES string of the molecule is COc1ccc(C(=O)Cn2c(=O)n3nc(-c4ccccc4)nc3c3ccccc32)cc1OC. The molecule has 5 aromatic rings. The summed E-state index contributed by atoms with van der Waals surface area (Å²) in [5, 5.41) is 5.18.